The monoisotopic (exact) mass is 368 g/mol. The fourth-order valence-corrected chi connectivity index (χ4v) is 3.44. The lowest BCUT2D eigenvalue weighted by Crippen LogP contribution is -2.48. The lowest BCUT2D eigenvalue weighted by Gasteiger charge is -2.34. The van der Waals surface area contributed by atoms with E-state index in [-0.39, 0.29) is 18.3 Å². The van der Waals surface area contributed by atoms with Crippen molar-refractivity contribution in [1.82, 2.24) is 15.5 Å². The molecule has 0 radical (unpaired) electrons. The van der Waals surface area contributed by atoms with E-state index in [0.29, 0.717) is 39.1 Å². The molecule has 0 unspecified atom stereocenters. The van der Waals surface area contributed by atoms with Crippen molar-refractivity contribution in [3.05, 3.63) is 35.3 Å². The standard InChI is InChI=1S/C16H20N4O2S.ClH/c17-11-16(6-8-22-9-7-16)15(21)18-10-13-19-20-14(23-13)12-4-2-1-3-5-12;/h1-5H,6-11,17H2,(H,18,21);1H. The Labute approximate surface area is 151 Å². The lowest BCUT2D eigenvalue weighted by molar-refractivity contribution is -0.136. The molecule has 1 aliphatic heterocycles. The van der Waals surface area contributed by atoms with Crippen LogP contribution in [0.3, 0.4) is 0 Å². The number of hydrogen-bond acceptors (Lipinski definition) is 6. The lowest BCUT2D eigenvalue weighted by atomic mass is 9.79. The van der Waals surface area contributed by atoms with E-state index in [0.717, 1.165) is 15.6 Å². The zero-order chi connectivity index (χ0) is 16.1. The molecule has 8 heteroatoms. The van der Waals surface area contributed by atoms with Crippen LogP contribution in [0.1, 0.15) is 17.8 Å². The van der Waals surface area contributed by atoms with Gasteiger partial charge in [-0.3, -0.25) is 4.79 Å². The minimum atomic E-state index is -0.509. The number of nitrogens with zero attached hydrogens (tertiary/aromatic N) is 2. The Bertz CT molecular complexity index is 659. The van der Waals surface area contributed by atoms with Crippen molar-refractivity contribution in [3.8, 4) is 10.6 Å². The van der Waals surface area contributed by atoms with Crippen LogP contribution in [0.15, 0.2) is 30.3 Å². The van der Waals surface area contributed by atoms with Crippen LogP contribution < -0.4 is 11.1 Å². The highest BCUT2D eigenvalue weighted by atomic mass is 35.5. The van der Waals surface area contributed by atoms with E-state index in [1.165, 1.54) is 11.3 Å². The molecule has 2 aromatic rings. The van der Waals surface area contributed by atoms with E-state index in [2.05, 4.69) is 15.5 Å². The third-order valence-corrected chi connectivity index (χ3v) is 5.18. The van der Waals surface area contributed by atoms with Crippen molar-refractivity contribution in [2.45, 2.75) is 19.4 Å². The molecule has 130 valence electrons. The quantitative estimate of drug-likeness (QED) is 0.842. The van der Waals surface area contributed by atoms with Crippen molar-refractivity contribution >= 4 is 29.7 Å². The van der Waals surface area contributed by atoms with E-state index in [1.807, 2.05) is 30.3 Å². The Kier molecular flexibility index (Phi) is 6.68. The van der Waals surface area contributed by atoms with Crippen LogP contribution in [0.5, 0.6) is 0 Å². The summed E-state index contributed by atoms with van der Waals surface area (Å²) >= 11 is 1.49. The number of halogens is 1. The van der Waals surface area contributed by atoms with Gasteiger partial charge in [-0.2, -0.15) is 0 Å². The van der Waals surface area contributed by atoms with E-state index in [4.69, 9.17) is 10.5 Å². The predicted molar refractivity (Wildman–Crippen MR) is 96.0 cm³/mol. The number of rotatable bonds is 5. The average Bonchev–Trinajstić information content (AvgIpc) is 3.10. The first-order valence-corrected chi connectivity index (χ1v) is 8.49. The Morgan fingerprint density at radius 3 is 2.62 bits per heavy atom. The van der Waals surface area contributed by atoms with Gasteiger partial charge in [-0.05, 0) is 12.8 Å². The molecule has 24 heavy (non-hydrogen) atoms. The van der Waals surface area contributed by atoms with E-state index >= 15 is 0 Å². The van der Waals surface area contributed by atoms with Gasteiger partial charge in [-0.15, -0.1) is 22.6 Å². The Hall–Kier alpha value is -1.54. The molecule has 6 nitrogen and oxygen atoms in total. The summed E-state index contributed by atoms with van der Waals surface area (Å²) in [7, 11) is 0. The van der Waals surface area contributed by atoms with E-state index in [9.17, 15) is 4.79 Å². The van der Waals surface area contributed by atoms with Gasteiger partial charge >= 0.3 is 0 Å². The molecule has 3 rings (SSSR count). The van der Waals surface area contributed by atoms with Gasteiger partial charge in [-0.1, -0.05) is 41.7 Å². The number of nitrogens with two attached hydrogens (primary N) is 1. The number of nitrogens with one attached hydrogen (secondary N) is 1. The SMILES string of the molecule is Cl.NCC1(C(=O)NCc2nnc(-c3ccccc3)s2)CCOCC1. The smallest absolute Gasteiger partial charge is 0.228 e. The van der Waals surface area contributed by atoms with E-state index in [1.54, 1.807) is 0 Å². The molecule has 3 N–H and O–H groups in total. The number of ether oxygens (including phenoxy) is 1. The summed E-state index contributed by atoms with van der Waals surface area (Å²) in [4.78, 5) is 12.5. The predicted octanol–water partition coefficient (Wildman–Crippen LogP) is 2.00. The minimum absolute atomic E-state index is 0. The maximum absolute atomic E-state index is 12.5. The fourth-order valence-electron chi connectivity index (χ4n) is 2.65. The van der Waals surface area contributed by atoms with Gasteiger partial charge in [0, 0.05) is 25.3 Å². The molecule has 0 saturated carbocycles. The van der Waals surface area contributed by atoms with Crippen LogP contribution >= 0.6 is 23.7 Å². The molecule has 1 fully saturated rings. The van der Waals surface area contributed by atoms with Gasteiger partial charge in [-0.25, -0.2) is 0 Å². The first-order chi connectivity index (χ1) is 11.2. The molecule has 0 spiro atoms. The maximum Gasteiger partial charge on any atom is 0.228 e. The number of carbonyl (C=O) groups is 1. The van der Waals surface area contributed by atoms with Crippen LogP contribution in [0, 0.1) is 5.41 Å². The molecular weight excluding hydrogens is 348 g/mol. The summed E-state index contributed by atoms with van der Waals surface area (Å²) in [6.07, 6.45) is 1.33. The fraction of sp³-hybridized carbons (Fsp3) is 0.438. The summed E-state index contributed by atoms with van der Waals surface area (Å²) in [5.41, 5.74) is 6.37. The van der Waals surface area contributed by atoms with Crippen LogP contribution in [0.2, 0.25) is 0 Å². The molecule has 1 aromatic carbocycles. The first-order valence-electron chi connectivity index (χ1n) is 7.67. The largest absolute Gasteiger partial charge is 0.381 e. The minimum Gasteiger partial charge on any atom is -0.381 e. The Morgan fingerprint density at radius 2 is 1.96 bits per heavy atom. The second-order valence-electron chi connectivity index (χ2n) is 5.65. The van der Waals surface area contributed by atoms with Gasteiger partial charge in [0.1, 0.15) is 10.0 Å². The van der Waals surface area contributed by atoms with Gasteiger partial charge in [0.15, 0.2) is 0 Å². The summed E-state index contributed by atoms with van der Waals surface area (Å²) in [5, 5.41) is 12.9. The summed E-state index contributed by atoms with van der Waals surface area (Å²) in [5.74, 6) is -0.0141. The Morgan fingerprint density at radius 1 is 1.25 bits per heavy atom. The summed E-state index contributed by atoms with van der Waals surface area (Å²) in [6.45, 7) is 1.89. The zero-order valence-corrected chi connectivity index (χ0v) is 14.9. The molecule has 1 aliphatic rings. The molecular formula is C16H21ClN4O2S. The number of aromatic nitrogens is 2. The van der Waals surface area contributed by atoms with Crippen LogP contribution in [-0.2, 0) is 16.1 Å². The topological polar surface area (TPSA) is 90.1 Å². The highest BCUT2D eigenvalue weighted by Crippen LogP contribution is 2.30. The van der Waals surface area contributed by atoms with Crippen molar-refractivity contribution in [2.75, 3.05) is 19.8 Å². The van der Waals surface area contributed by atoms with Crippen LogP contribution in [-0.4, -0.2) is 35.9 Å². The molecule has 0 bridgehead atoms. The average molecular weight is 369 g/mol. The van der Waals surface area contributed by atoms with Gasteiger partial charge in [0.2, 0.25) is 5.91 Å². The van der Waals surface area contributed by atoms with E-state index < -0.39 is 5.41 Å². The van der Waals surface area contributed by atoms with Crippen molar-refractivity contribution in [2.24, 2.45) is 11.1 Å². The molecule has 2 heterocycles. The van der Waals surface area contributed by atoms with Crippen molar-refractivity contribution in [1.29, 1.82) is 0 Å². The number of benzene rings is 1. The van der Waals surface area contributed by atoms with Crippen molar-refractivity contribution in [3.63, 3.8) is 0 Å². The van der Waals surface area contributed by atoms with Gasteiger partial charge < -0.3 is 15.8 Å². The molecule has 1 amide bonds. The Balaban J connectivity index is 0.00000208. The molecule has 1 saturated heterocycles. The third kappa shape index (κ3) is 4.10. The maximum atomic E-state index is 12.5. The second kappa shape index (κ2) is 8.53. The van der Waals surface area contributed by atoms with Crippen LogP contribution in [0.4, 0.5) is 0 Å². The van der Waals surface area contributed by atoms with Gasteiger partial charge in [0.05, 0.1) is 12.0 Å². The summed E-state index contributed by atoms with van der Waals surface area (Å²) < 4.78 is 5.34. The third-order valence-electron chi connectivity index (χ3n) is 4.21. The molecule has 0 atom stereocenters. The molecule has 0 aliphatic carbocycles. The normalized spacial score (nSPS) is 16.2. The van der Waals surface area contributed by atoms with Crippen molar-refractivity contribution < 1.29 is 9.53 Å². The number of hydrogen-bond donors (Lipinski definition) is 2. The summed E-state index contributed by atoms with van der Waals surface area (Å²) in [6, 6.07) is 9.89. The first kappa shape index (κ1) is 18.8. The van der Waals surface area contributed by atoms with Gasteiger partial charge in [0.25, 0.3) is 0 Å². The number of carbonyl (C=O) groups excluding carboxylic acids is 1. The molecule has 1 aromatic heterocycles. The highest BCUT2D eigenvalue weighted by Gasteiger charge is 2.38. The number of amides is 1. The zero-order valence-electron chi connectivity index (χ0n) is 13.2. The highest BCUT2D eigenvalue weighted by molar-refractivity contribution is 7.14. The van der Waals surface area contributed by atoms with Crippen LogP contribution in [0.25, 0.3) is 10.6 Å². The second-order valence-corrected chi connectivity index (χ2v) is 6.71.